The molecule has 1 rings (SSSR count). The van der Waals surface area contributed by atoms with Gasteiger partial charge in [0.15, 0.2) is 0 Å². The molecule has 0 fully saturated rings. The summed E-state index contributed by atoms with van der Waals surface area (Å²) in [6.45, 7) is 3.46. The van der Waals surface area contributed by atoms with Crippen LogP contribution in [-0.2, 0) is 14.8 Å². The Morgan fingerprint density at radius 3 is 2.70 bits per heavy atom. The molecule has 1 atom stereocenters. The van der Waals surface area contributed by atoms with Gasteiger partial charge in [-0.2, -0.15) is 0 Å². The van der Waals surface area contributed by atoms with Crippen LogP contribution in [0.2, 0.25) is 0 Å². The summed E-state index contributed by atoms with van der Waals surface area (Å²) in [6.07, 6.45) is 0.969. The van der Waals surface area contributed by atoms with Crippen molar-refractivity contribution in [3.8, 4) is 0 Å². The molecule has 20 heavy (non-hydrogen) atoms. The van der Waals surface area contributed by atoms with Crippen LogP contribution < -0.4 is 4.72 Å². The number of aliphatic carboxylic acids is 1. The van der Waals surface area contributed by atoms with Crippen LogP contribution >= 0.6 is 15.9 Å². The van der Waals surface area contributed by atoms with E-state index in [1.807, 2.05) is 0 Å². The van der Waals surface area contributed by atoms with Crippen molar-refractivity contribution in [1.82, 2.24) is 4.72 Å². The highest BCUT2D eigenvalue weighted by Crippen LogP contribution is 2.21. The largest absolute Gasteiger partial charge is 0.481 e. The summed E-state index contributed by atoms with van der Waals surface area (Å²) in [5.41, 5.74) is 0.665. The molecule has 0 bridgehead atoms. The Morgan fingerprint density at radius 1 is 1.45 bits per heavy atom. The second kappa shape index (κ2) is 7.19. The van der Waals surface area contributed by atoms with Gasteiger partial charge in [-0.15, -0.1) is 0 Å². The smallest absolute Gasteiger partial charge is 0.303 e. The number of benzene rings is 1. The number of nitrogens with one attached hydrogen (secondary N) is 1. The Labute approximate surface area is 127 Å². The lowest BCUT2D eigenvalue weighted by molar-refractivity contribution is -0.137. The zero-order chi connectivity index (χ0) is 15.3. The lowest BCUT2D eigenvalue weighted by Crippen LogP contribution is -2.33. The molecule has 0 aliphatic carbocycles. The van der Waals surface area contributed by atoms with E-state index in [1.165, 1.54) is 0 Å². The molecular formula is C13H18BrNO4S. The molecule has 0 aromatic heterocycles. The summed E-state index contributed by atoms with van der Waals surface area (Å²) in [7, 11) is -3.59. The molecule has 0 aliphatic rings. The van der Waals surface area contributed by atoms with Crippen LogP contribution in [0.5, 0.6) is 0 Å². The Bertz CT molecular complexity index is 586. The first-order valence-electron chi connectivity index (χ1n) is 6.22. The number of hydrogen-bond donors (Lipinski definition) is 2. The van der Waals surface area contributed by atoms with E-state index >= 15 is 0 Å². The molecule has 2 N–H and O–H groups in total. The van der Waals surface area contributed by atoms with Gasteiger partial charge in [0.25, 0.3) is 0 Å². The second-order valence-electron chi connectivity index (χ2n) is 4.72. The minimum absolute atomic E-state index is 0.0436. The van der Waals surface area contributed by atoms with Gasteiger partial charge >= 0.3 is 5.97 Å². The highest BCUT2D eigenvalue weighted by atomic mass is 79.9. The van der Waals surface area contributed by atoms with Gasteiger partial charge in [0.05, 0.1) is 4.90 Å². The molecule has 0 saturated heterocycles. The molecule has 5 nitrogen and oxygen atoms in total. The maximum Gasteiger partial charge on any atom is 0.303 e. The van der Waals surface area contributed by atoms with Crippen LogP contribution in [0.3, 0.4) is 0 Å². The third kappa shape index (κ3) is 5.22. The van der Waals surface area contributed by atoms with Crippen LogP contribution in [0.15, 0.2) is 27.6 Å². The van der Waals surface area contributed by atoms with Gasteiger partial charge in [0, 0.05) is 16.9 Å². The molecule has 1 aromatic carbocycles. The molecular weight excluding hydrogens is 346 g/mol. The third-order valence-electron chi connectivity index (χ3n) is 2.82. The van der Waals surface area contributed by atoms with Crippen LogP contribution in [0.25, 0.3) is 0 Å². The van der Waals surface area contributed by atoms with E-state index in [4.69, 9.17) is 5.11 Å². The van der Waals surface area contributed by atoms with Gasteiger partial charge in [-0.05, 0) is 44.4 Å². The van der Waals surface area contributed by atoms with Crippen molar-refractivity contribution in [1.29, 1.82) is 0 Å². The molecule has 7 heteroatoms. The van der Waals surface area contributed by atoms with Crippen molar-refractivity contribution in [2.24, 2.45) is 0 Å². The topological polar surface area (TPSA) is 83.5 Å². The fraction of sp³-hybridized carbons (Fsp3) is 0.462. The monoisotopic (exact) mass is 363 g/mol. The maximum atomic E-state index is 12.3. The van der Waals surface area contributed by atoms with E-state index in [2.05, 4.69) is 20.7 Å². The Morgan fingerprint density at radius 2 is 2.10 bits per heavy atom. The standard InChI is InChI=1S/C13H18BrNO4S/c1-9-6-7-11(14)8-12(9)20(18,19)15-10(2)4-3-5-13(16)17/h6-8,10,15H,3-5H2,1-2H3,(H,16,17). The van der Waals surface area contributed by atoms with Crippen LogP contribution in [0.1, 0.15) is 31.7 Å². The average Bonchev–Trinajstić information content (AvgIpc) is 2.31. The van der Waals surface area contributed by atoms with Crippen LogP contribution in [0, 0.1) is 6.92 Å². The summed E-state index contributed by atoms with van der Waals surface area (Å²) in [4.78, 5) is 10.7. The number of aryl methyl sites for hydroxylation is 1. The zero-order valence-corrected chi connectivity index (χ0v) is 13.8. The van der Waals surface area contributed by atoms with Gasteiger partial charge in [-0.1, -0.05) is 22.0 Å². The number of sulfonamides is 1. The van der Waals surface area contributed by atoms with Gasteiger partial charge in [0.2, 0.25) is 10.0 Å². The lowest BCUT2D eigenvalue weighted by atomic mass is 10.1. The Kier molecular flexibility index (Phi) is 6.16. The number of halogens is 1. The molecule has 0 radical (unpaired) electrons. The minimum atomic E-state index is -3.59. The second-order valence-corrected chi connectivity index (χ2v) is 7.32. The van der Waals surface area contributed by atoms with Gasteiger partial charge in [0.1, 0.15) is 0 Å². The van der Waals surface area contributed by atoms with Gasteiger partial charge < -0.3 is 5.11 Å². The van der Waals surface area contributed by atoms with E-state index < -0.39 is 16.0 Å². The number of hydrogen-bond acceptors (Lipinski definition) is 3. The molecule has 0 spiro atoms. The van der Waals surface area contributed by atoms with Crippen LogP contribution in [-0.4, -0.2) is 25.5 Å². The Balaban J connectivity index is 2.74. The van der Waals surface area contributed by atoms with Crippen LogP contribution in [0.4, 0.5) is 0 Å². The maximum absolute atomic E-state index is 12.3. The molecule has 112 valence electrons. The van der Waals surface area contributed by atoms with E-state index in [1.54, 1.807) is 32.0 Å². The van der Waals surface area contributed by atoms with E-state index in [0.29, 0.717) is 22.9 Å². The number of rotatable bonds is 7. The third-order valence-corrected chi connectivity index (χ3v) is 5.05. The highest BCUT2D eigenvalue weighted by molar-refractivity contribution is 9.10. The number of carbonyl (C=O) groups is 1. The van der Waals surface area contributed by atoms with Crippen molar-refractivity contribution in [2.75, 3.05) is 0 Å². The van der Waals surface area contributed by atoms with Gasteiger partial charge in [-0.25, -0.2) is 13.1 Å². The van der Waals surface area contributed by atoms with Crippen molar-refractivity contribution >= 4 is 31.9 Å². The molecule has 0 aliphatic heterocycles. The molecule has 1 aromatic rings. The number of carboxylic acids is 1. The average molecular weight is 364 g/mol. The first-order chi connectivity index (χ1) is 9.22. The Hall–Kier alpha value is -0.920. The van der Waals surface area contributed by atoms with Crippen molar-refractivity contribution in [2.45, 2.75) is 44.0 Å². The fourth-order valence-corrected chi connectivity index (χ4v) is 3.87. The first-order valence-corrected chi connectivity index (χ1v) is 8.50. The van der Waals surface area contributed by atoms with Gasteiger partial charge in [-0.3, -0.25) is 4.79 Å². The summed E-state index contributed by atoms with van der Waals surface area (Å²) in [5.74, 6) is -0.872. The van der Waals surface area contributed by atoms with Crippen molar-refractivity contribution in [3.05, 3.63) is 28.2 Å². The SMILES string of the molecule is Cc1ccc(Br)cc1S(=O)(=O)NC(C)CCCC(=O)O. The highest BCUT2D eigenvalue weighted by Gasteiger charge is 2.19. The summed E-state index contributed by atoms with van der Waals surface area (Å²) in [5, 5.41) is 8.56. The lowest BCUT2D eigenvalue weighted by Gasteiger charge is -2.15. The summed E-state index contributed by atoms with van der Waals surface area (Å²) in [6, 6.07) is 4.76. The normalized spacial score (nSPS) is 13.2. The zero-order valence-electron chi connectivity index (χ0n) is 11.4. The first kappa shape index (κ1) is 17.1. The summed E-state index contributed by atoms with van der Waals surface area (Å²) >= 11 is 3.26. The number of carboxylic acid groups (broad SMARTS) is 1. The van der Waals surface area contributed by atoms with Crippen molar-refractivity contribution in [3.63, 3.8) is 0 Å². The molecule has 0 amide bonds. The molecule has 0 heterocycles. The predicted molar refractivity (Wildman–Crippen MR) is 80.1 cm³/mol. The predicted octanol–water partition coefficient (Wildman–Crippen LogP) is 2.68. The van der Waals surface area contributed by atoms with E-state index in [-0.39, 0.29) is 17.4 Å². The van der Waals surface area contributed by atoms with E-state index in [0.717, 1.165) is 0 Å². The quantitative estimate of drug-likeness (QED) is 0.779. The minimum Gasteiger partial charge on any atom is -0.481 e. The molecule has 1 unspecified atom stereocenters. The summed E-state index contributed by atoms with van der Waals surface area (Å²) < 4.78 is 27.8. The van der Waals surface area contributed by atoms with E-state index in [9.17, 15) is 13.2 Å². The van der Waals surface area contributed by atoms with Crippen molar-refractivity contribution < 1.29 is 18.3 Å². The molecule has 0 saturated carbocycles. The fourth-order valence-electron chi connectivity index (χ4n) is 1.81.